The Bertz CT molecular complexity index is 2470. The first-order valence-corrected chi connectivity index (χ1v) is 28.9. The first-order valence-electron chi connectivity index (χ1n) is 25.0. The highest BCUT2D eigenvalue weighted by Gasteiger charge is 2.45. The molecular formula is C55H74AlO8P2. The van der Waals surface area contributed by atoms with Crippen LogP contribution in [-0.4, -0.2) is 15.9 Å². The summed E-state index contributed by atoms with van der Waals surface area (Å²) in [5.41, 5.74) is 11.5. The van der Waals surface area contributed by atoms with E-state index >= 15 is 9.13 Å². The van der Waals surface area contributed by atoms with Crippen molar-refractivity contribution in [1.82, 2.24) is 0 Å². The van der Waals surface area contributed by atoms with Crippen LogP contribution in [0.15, 0.2) is 48.5 Å². The molecule has 4 aliphatic rings. The normalized spacial score (nSPS) is 21.3. The molecule has 2 atom stereocenters. The lowest BCUT2D eigenvalue weighted by atomic mass is 9.69. The van der Waals surface area contributed by atoms with Gasteiger partial charge in [0.15, 0.2) is 0 Å². The minimum Gasteiger partial charge on any atom is -0.396 e. The van der Waals surface area contributed by atoms with Gasteiger partial charge in [-0.05, 0) is 116 Å². The zero-order valence-electron chi connectivity index (χ0n) is 41.7. The molecule has 8 rings (SSSR count). The Kier molecular flexibility index (Phi) is 14.5. The minimum absolute atomic E-state index is 0.122. The van der Waals surface area contributed by atoms with Crippen molar-refractivity contribution in [3.05, 3.63) is 115 Å². The van der Waals surface area contributed by atoms with Gasteiger partial charge in [0.25, 0.3) is 0 Å². The van der Waals surface area contributed by atoms with E-state index in [9.17, 15) is 0 Å². The predicted molar refractivity (Wildman–Crippen MR) is 268 cm³/mol. The van der Waals surface area contributed by atoms with Crippen molar-refractivity contribution in [2.45, 2.75) is 201 Å². The molecule has 11 heteroatoms. The molecule has 0 amide bonds. The Hall–Kier alpha value is -3.01. The van der Waals surface area contributed by atoms with Gasteiger partial charge in [0.05, 0.1) is 0 Å². The quantitative estimate of drug-likeness (QED) is 0.102. The van der Waals surface area contributed by atoms with Gasteiger partial charge in [0.1, 0.15) is 23.0 Å². The highest BCUT2D eigenvalue weighted by Crippen LogP contribution is 2.61. The molecule has 0 saturated heterocycles. The molecule has 4 aromatic carbocycles. The van der Waals surface area contributed by atoms with Crippen molar-refractivity contribution in [1.29, 1.82) is 0 Å². The summed E-state index contributed by atoms with van der Waals surface area (Å²) in [5, 5.41) is 0. The third-order valence-electron chi connectivity index (χ3n) is 15.3. The summed E-state index contributed by atoms with van der Waals surface area (Å²) in [7, 11) is -9.10. The zero-order valence-corrected chi connectivity index (χ0v) is 44.7. The molecule has 1 radical (unpaired) electrons. The average Bonchev–Trinajstić information content (AvgIpc) is 3.23. The molecule has 0 bridgehead atoms. The number of rotatable bonds is 12. The maximum absolute atomic E-state index is 15.9. The smallest absolute Gasteiger partial charge is 0.396 e. The van der Waals surface area contributed by atoms with Crippen molar-refractivity contribution in [2.75, 3.05) is 0 Å². The fraction of sp³-hybridized carbons (Fsp3) is 0.564. The highest BCUT2D eigenvalue weighted by molar-refractivity contribution is 7.52. The van der Waals surface area contributed by atoms with Crippen molar-refractivity contribution in [3.63, 3.8) is 0 Å². The first kappa shape index (κ1) is 49.4. The third kappa shape index (κ3) is 10.3. The fourth-order valence-electron chi connectivity index (χ4n) is 11.8. The topological polar surface area (TPSA) is 89.5 Å². The van der Waals surface area contributed by atoms with Gasteiger partial charge >= 0.3 is 31.5 Å². The standard InChI is InChI=1S/C29H39O4P.C26H37O4P.Al/c1-20-15-22-19-23-16-21(2)18-25(29(4)13-9-6-10-14-29)27(23)33-34(30,31)32-26(22)24(17-20)28(3)11-7-5-8-12-28;1-8-10-19(5)22-14-17(3)12-20-16-21-13-18(4)15-23(26(6,7)11-9-2)25(21)30-31(27,28)29-24(20)22;/h15-18H,5-14,19H2,1-4H3,(H,30,31);12-15,19H,8-11,16H2,1-7H3,(H,27,28);/q;;+2/p-2. The summed E-state index contributed by atoms with van der Waals surface area (Å²) in [5.74, 6) is 2.26. The Balaban J connectivity index is 1.24. The highest BCUT2D eigenvalue weighted by atomic mass is 31.2. The lowest BCUT2D eigenvalue weighted by Gasteiger charge is -2.39. The molecule has 2 fully saturated rings. The SMILES string of the molecule is CCCC(C)c1cc(C)cc2c1OP(=O)([O][Al][O]P1(=O)Oc3c(cc(C)cc3C3(C)CCCCC3)Cc3cc(C)cc(C4(C)CCCCC4)c3O1)Oc1c(cc(C)cc1C(C)(C)CCC)C2. The second-order valence-corrected chi connectivity index (χ2v) is 26.1. The van der Waals surface area contributed by atoms with Crippen LogP contribution in [0, 0.1) is 27.7 Å². The Morgan fingerprint density at radius 3 is 1.47 bits per heavy atom. The van der Waals surface area contributed by atoms with Crippen LogP contribution in [0.2, 0.25) is 0 Å². The molecule has 8 nitrogen and oxygen atoms in total. The predicted octanol–water partition coefficient (Wildman–Crippen LogP) is 16.6. The molecule has 0 spiro atoms. The molecule has 2 saturated carbocycles. The lowest BCUT2D eigenvalue weighted by Crippen LogP contribution is -2.28. The number of hydrogen-bond donors (Lipinski definition) is 0. The van der Waals surface area contributed by atoms with Crippen LogP contribution < -0.4 is 18.1 Å². The first-order chi connectivity index (χ1) is 31.3. The van der Waals surface area contributed by atoms with Gasteiger partial charge in [-0.25, -0.2) is 9.13 Å². The van der Waals surface area contributed by atoms with Gasteiger partial charge in [0, 0.05) is 29.5 Å². The van der Waals surface area contributed by atoms with E-state index in [0.29, 0.717) is 35.8 Å². The fourth-order valence-corrected chi connectivity index (χ4v) is 15.7. The van der Waals surface area contributed by atoms with Gasteiger partial charge in [0.2, 0.25) is 0 Å². The van der Waals surface area contributed by atoms with Gasteiger partial charge < -0.3 is 25.2 Å². The van der Waals surface area contributed by atoms with E-state index in [0.717, 1.165) is 144 Å². The van der Waals surface area contributed by atoms with Crippen LogP contribution in [0.25, 0.3) is 0 Å². The summed E-state index contributed by atoms with van der Waals surface area (Å²) in [4.78, 5) is 0. The number of hydrogen-bond acceptors (Lipinski definition) is 8. The van der Waals surface area contributed by atoms with Crippen LogP contribution in [0.5, 0.6) is 23.0 Å². The van der Waals surface area contributed by atoms with Crippen molar-refractivity contribution < 1.29 is 34.4 Å². The van der Waals surface area contributed by atoms with Crippen molar-refractivity contribution in [3.8, 4) is 23.0 Å². The van der Waals surface area contributed by atoms with E-state index in [1.807, 2.05) is 0 Å². The van der Waals surface area contributed by atoms with E-state index in [1.54, 1.807) is 0 Å². The van der Waals surface area contributed by atoms with Gasteiger partial charge in [-0.15, -0.1) is 0 Å². The minimum atomic E-state index is -4.56. The van der Waals surface area contributed by atoms with E-state index in [-0.39, 0.29) is 22.2 Å². The summed E-state index contributed by atoms with van der Waals surface area (Å²) in [6, 6.07) is 17.3. The number of fused-ring (bicyclic) bond motifs is 4. The number of phosphoric acid groups is 2. The van der Waals surface area contributed by atoms with Crippen molar-refractivity contribution in [2.24, 2.45) is 0 Å². The monoisotopic (exact) mass is 951 g/mol. The lowest BCUT2D eigenvalue weighted by molar-refractivity contribution is 0.251. The van der Waals surface area contributed by atoms with Crippen LogP contribution in [0.4, 0.5) is 0 Å². The van der Waals surface area contributed by atoms with Crippen molar-refractivity contribution >= 4 is 31.5 Å². The maximum atomic E-state index is 15.9. The average molecular weight is 952 g/mol. The number of phosphoric ester groups is 2. The van der Waals surface area contributed by atoms with Crippen LogP contribution in [0.1, 0.15) is 211 Å². The number of aryl methyl sites for hydroxylation is 4. The largest absolute Gasteiger partial charge is 0.689 e. The molecular weight excluding hydrogens is 878 g/mol. The summed E-state index contributed by atoms with van der Waals surface area (Å²) in [6.07, 6.45) is 15.7. The number of benzene rings is 4. The summed E-state index contributed by atoms with van der Waals surface area (Å²) in [6.45, 7) is 24.0. The third-order valence-corrected chi connectivity index (χ3v) is 19.6. The molecule has 0 N–H and O–H groups in total. The van der Waals surface area contributed by atoms with Gasteiger partial charge in [-0.1, -0.05) is 171 Å². The van der Waals surface area contributed by atoms with E-state index in [4.69, 9.17) is 25.2 Å². The second-order valence-electron chi connectivity index (χ2n) is 21.7. The van der Waals surface area contributed by atoms with Crippen LogP contribution in [-0.2, 0) is 45.4 Å². The molecule has 355 valence electrons. The molecule has 2 heterocycles. The van der Waals surface area contributed by atoms with E-state index in [1.165, 1.54) is 12.8 Å². The van der Waals surface area contributed by atoms with E-state index in [2.05, 4.69) is 125 Å². The molecule has 66 heavy (non-hydrogen) atoms. The maximum Gasteiger partial charge on any atom is 0.689 e. The Morgan fingerprint density at radius 1 is 0.591 bits per heavy atom. The van der Waals surface area contributed by atoms with Gasteiger partial charge in [-0.3, -0.25) is 0 Å². The molecule has 2 unspecified atom stereocenters. The van der Waals surface area contributed by atoms with Gasteiger partial charge in [-0.2, -0.15) is 0 Å². The molecule has 2 aliphatic heterocycles. The Labute approximate surface area is 403 Å². The van der Waals surface area contributed by atoms with E-state index < -0.39 is 31.5 Å². The molecule has 0 aromatic heterocycles. The molecule has 4 aromatic rings. The second kappa shape index (κ2) is 19.4. The zero-order chi connectivity index (χ0) is 47.2. The van der Waals surface area contributed by atoms with Crippen LogP contribution >= 0.6 is 15.6 Å². The Morgan fingerprint density at radius 2 is 1.00 bits per heavy atom. The molecule has 2 aliphatic carbocycles. The summed E-state index contributed by atoms with van der Waals surface area (Å²) < 4.78 is 71.7. The summed E-state index contributed by atoms with van der Waals surface area (Å²) >= 11 is -1.80. The van der Waals surface area contributed by atoms with Crippen LogP contribution in [0.3, 0.4) is 0 Å².